The minimum atomic E-state index is 0.141. The predicted molar refractivity (Wildman–Crippen MR) is 93.3 cm³/mol. The van der Waals surface area contributed by atoms with Crippen LogP contribution >= 0.6 is 50.2 Å². The maximum Gasteiger partial charge on any atom is 0.0954 e. The van der Waals surface area contributed by atoms with Crippen molar-refractivity contribution in [3.05, 3.63) is 72.5 Å². The molecule has 20 heavy (non-hydrogen) atoms. The van der Waals surface area contributed by atoms with Gasteiger partial charge in [0.05, 0.1) is 10.4 Å². The molecule has 1 unspecified atom stereocenters. The first-order chi connectivity index (χ1) is 9.72. The second-order valence-electron chi connectivity index (χ2n) is 4.24. The quantitative estimate of drug-likeness (QED) is 0.546. The van der Waals surface area contributed by atoms with Crippen LogP contribution in [-0.4, -0.2) is 0 Å². The molecule has 0 spiro atoms. The number of anilines is 1. The van der Waals surface area contributed by atoms with E-state index in [0.29, 0.717) is 0 Å². The summed E-state index contributed by atoms with van der Waals surface area (Å²) >= 11 is 12.9. The highest BCUT2D eigenvalue weighted by molar-refractivity contribution is 9.10. The summed E-state index contributed by atoms with van der Waals surface area (Å²) in [6.07, 6.45) is 0. The highest BCUT2D eigenvalue weighted by Crippen LogP contribution is 2.35. The Hall–Kier alpha value is -0.810. The van der Waals surface area contributed by atoms with Gasteiger partial charge in [-0.25, -0.2) is 0 Å². The number of rotatable bonds is 4. The highest BCUT2D eigenvalue weighted by atomic mass is 79.9. The third-order valence-corrected chi connectivity index (χ3v) is 5.57. The molecule has 102 valence electrons. The third-order valence-electron chi connectivity index (χ3n) is 2.84. The molecule has 0 aliphatic carbocycles. The molecule has 3 aromatic rings. The molecule has 1 atom stereocenters. The molecule has 0 amide bonds. The average Bonchev–Trinajstić information content (AvgIpc) is 3.07. The second kappa shape index (κ2) is 6.31. The van der Waals surface area contributed by atoms with Gasteiger partial charge >= 0.3 is 0 Å². The molecule has 1 aromatic carbocycles. The van der Waals surface area contributed by atoms with Crippen molar-refractivity contribution < 1.29 is 0 Å². The predicted octanol–water partition coefficient (Wildman–Crippen LogP) is 6.43. The van der Waals surface area contributed by atoms with Crippen LogP contribution in [0.5, 0.6) is 0 Å². The van der Waals surface area contributed by atoms with Crippen LogP contribution in [0.25, 0.3) is 0 Å². The van der Waals surface area contributed by atoms with Gasteiger partial charge in [-0.3, -0.25) is 0 Å². The van der Waals surface area contributed by atoms with Gasteiger partial charge in [-0.05, 0) is 41.8 Å². The lowest BCUT2D eigenvalue weighted by molar-refractivity contribution is 0.993. The Morgan fingerprint density at radius 2 is 1.95 bits per heavy atom. The van der Waals surface area contributed by atoms with E-state index in [-0.39, 0.29) is 6.04 Å². The van der Waals surface area contributed by atoms with Crippen LogP contribution in [-0.2, 0) is 0 Å². The Labute approximate surface area is 139 Å². The van der Waals surface area contributed by atoms with Crippen LogP contribution in [0, 0.1) is 0 Å². The molecule has 2 heterocycles. The summed E-state index contributed by atoms with van der Waals surface area (Å²) in [6, 6.07) is 16.6. The number of hydrogen-bond acceptors (Lipinski definition) is 3. The highest BCUT2D eigenvalue weighted by Gasteiger charge is 2.17. The lowest BCUT2D eigenvalue weighted by atomic mass is 10.2. The molecule has 5 heteroatoms. The SMILES string of the molecule is Clc1ccc(C(Nc2cccc(Br)c2)c2cccs2)s1. The Kier molecular flexibility index (Phi) is 4.46. The lowest BCUT2D eigenvalue weighted by Crippen LogP contribution is -2.09. The molecular weight excluding hydrogens is 374 g/mol. The van der Waals surface area contributed by atoms with Crippen molar-refractivity contribution >= 4 is 55.9 Å². The Morgan fingerprint density at radius 1 is 1.05 bits per heavy atom. The molecule has 0 bridgehead atoms. The molecule has 3 rings (SSSR count). The molecule has 1 N–H and O–H groups in total. The van der Waals surface area contributed by atoms with Gasteiger partial charge in [-0.1, -0.05) is 39.7 Å². The summed E-state index contributed by atoms with van der Waals surface area (Å²) in [7, 11) is 0. The summed E-state index contributed by atoms with van der Waals surface area (Å²) in [5.74, 6) is 0. The fourth-order valence-corrected chi connectivity index (χ4v) is 4.36. The molecule has 0 radical (unpaired) electrons. The maximum atomic E-state index is 6.08. The van der Waals surface area contributed by atoms with Gasteiger partial charge in [0, 0.05) is 19.9 Å². The van der Waals surface area contributed by atoms with Crippen LogP contribution in [0.4, 0.5) is 5.69 Å². The molecular formula is C15H11BrClNS2. The molecule has 0 aliphatic heterocycles. The summed E-state index contributed by atoms with van der Waals surface area (Å²) in [5.41, 5.74) is 1.09. The fourth-order valence-electron chi connectivity index (χ4n) is 1.97. The zero-order valence-corrected chi connectivity index (χ0v) is 14.3. The summed E-state index contributed by atoms with van der Waals surface area (Å²) in [5, 5.41) is 5.68. The molecule has 0 saturated carbocycles. The van der Waals surface area contributed by atoms with Gasteiger partial charge in [-0.15, -0.1) is 22.7 Å². The number of benzene rings is 1. The maximum absolute atomic E-state index is 6.08. The van der Waals surface area contributed by atoms with Crippen molar-refractivity contribution in [2.45, 2.75) is 6.04 Å². The topological polar surface area (TPSA) is 12.0 Å². The largest absolute Gasteiger partial charge is 0.373 e. The van der Waals surface area contributed by atoms with Gasteiger partial charge < -0.3 is 5.32 Å². The molecule has 0 fully saturated rings. The summed E-state index contributed by atoms with van der Waals surface area (Å²) < 4.78 is 1.88. The van der Waals surface area contributed by atoms with Crippen molar-refractivity contribution in [3.8, 4) is 0 Å². The first-order valence-electron chi connectivity index (χ1n) is 6.03. The first kappa shape index (κ1) is 14.1. The summed E-state index contributed by atoms with van der Waals surface area (Å²) in [6.45, 7) is 0. The zero-order chi connectivity index (χ0) is 13.9. The lowest BCUT2D eigenvalue weighted by Gasteiger charge is -2.17. The van der Waals surface area contributed by atoms with Crippen molar-refractivity contribution in [2.24, 2.45) is 0 Å². The third kappa shape index (κ3) is 3.26. The van der Waals surface area contributed by atoms with Crippen LogP contribution in [0.15, 0.2) is 58.4 Å². The Morgan fingerprint density at radius 3 is 2.60 bits per heavy atom. The number of halogens is 2. The normalized spacial score (nSPS) is 12.3. The average molecular weight is 385 g/mol. The standard InChI is InChI=1S/C15H11BrClNS2/c16-10-3-1-4-11(9-10)18-15(12-5-2-8-19-12)13-6-7-14(17)20-13/h1-9,15,18H. The zero-order valence-electron chi connectivity index (χ0n) is 10.3. The van der Waals surface area contributed by atoms with Crippen molar-refractivity contribution in [1.29, 1.82) is 0 Å². The number of hydrogen-bond donors (Lipinski definition) is 1. The van der Waals surface area contributed by atoms with E-state index in [1.54, 1.807) is 22.7 Å². The number of nitrogens with one attached hydrogen (secondary N) is 1. The van der Waals surface area contributed by atoms with E-state index < -0.39 is 0 Å². The van der Waals surface area contributed by atoms with E-state index in [1.165, 1.54) is 9.75 Å². The molecule has 1 nitrogen and oxygen atoms in total. The van der Waals surface area contributed by atoms with Crippen molar-refractivity contribution in [2.75, 3.05) is 5.32 Å². The van der Waals surface area contributed by atoms with Gasteiger partial charge in [0.25, 0.3) is 0 Å². The van der Waals surface area contributed by atoms with Gasteiger partial charge in [0.15, 0.2) is 0 Å². The van der Waals surface area contributed by atoms with Crippen LogP contribution < -0.4 is 5.32 Å². The Balaban J connectivity index is 1.94. The summed E-state index contributed by atoms with van der Waals surface area (Å²) in [4.78, 5) is 2.50. The first-order valence-corrected chi connectivity index (χ1v) is 8.90. The van der Waals surface area contributed by atoms with Crippen LogP contribution in [0.2, 0.25) is 4.34 Å². The number of thiophene rings is 2. The smallest absolute Gasteiger partial charge is 0.0954 e. The molecule has 0 saturated heterocycles. The van der Waals surface area contributed by atoms with E-state index in [1.807, 2.05) is 18.2 Å². The van der Waals surface area contributed by atoms with Crippen molar-refractivity contribution in [3.63, 3.8) is 0 Å². The Bertz CT molecular complexity index is 693. The van der Waals surface area contributed by atoms with E-state index in [0.717, 1.165) is 14.5 Å². The fraction of sp³-hybridized carbons (Fsp3) is 0.0667. The van der Waals surface area contributed by atoms with E-state index in [4.69, 9.17) is 11.6 Å². The van der Waals surface area contributed by atoms with Gasteiger partial charge in [0.2, 0.25) is 0 Å². The van der Waals surface area contributed by atoms with E-state index >= 15 is 0 Å². The minimum Gasteiger partial charge on any atom is -0.373 e. The van der Waals surface area contributed by atoms with Gasteiger partial charge in [-0.2, -0.15) is 0 Å². The molecule has 2 aromatic heterocycles. The molecule has 0 aliphatic rings. The monoisotopic (exact) mass is 383 g/mol. The van der Waals surface area contributed by atoms with Gasteiger partial charge in [0.1, 0.15) is 0 Å². The van der Waals surface area contributed by atoms with E-state index in [9.17, 15) is 0 Å². The minimum absolute atomic E-state index is 0.141. The van der Waals surface area contributed by atoms with E-state index in [2.05, 4.69) is 57.0 Å². The second-order valence-corrected chi connectivity index (χ2v) is 7.89. The van der Waals surface area contributed by atoms with Crippen LogP contribution in [0.1, 0.15) is 15.8 Å². The van der Waals surface area contributed by atoms with Crippen molar-refractivity contribution in [1.82, 2.24) is 0 Å². The van der Waals surface area contributed by atoms with Crippen LogP contribution in [0.3, 0.4) is 0 Å².